The lowest BCUT2D eigenvalue weighted by molar-refractivity contribution is -0.121. The quantitative estimate of drug-likeness (QED) is 0.845. The summed E-state index contributed by atoms with van der Waals surface area (Å²) in [5.74, 6) is 1.59. The van der Waals surface area contributed by atoms with Crippen LogP contribution in [0, 0.1) is 5.92 Å². The van der Waals surface area contributed by atoms with E-state index in [1.165, 1.54) is 24.0 Å². The van der Waals surface area contributed by atoms with E-state index in [1.54, 1.807) is 0 Å². The molecule has 1 heterocycles. The maximum absolute atomic E-state index is 12.1. The largest absolute Gasteiger partial charge is 0.356 e. The average Bonchev–Trinajstić information content (AvgIpc) is 2.54. The van der Waals surface area contributed by atoms with Gasteiger partial charge in [-0.25, -0.2) is 0 Å². The fraction of sp³-hybridized carbons (Fsp3) is 0.632. The van der Waals surface area contributed by atoms with Crippen molar-refractivity contribution in [3.05, 3.63) is 35.4 Å². The highest BCUT2D eigenvalue weighted by Gasteiger charge is 2.16. The zero-order chi connectivity index (χ0) is 15.9. The third-order valence-electron chi connectivity index (χ3n) is 4.65. The number of carbonyl (C=O) groups is 1. The van der Waals surface area contributed by atoms with Gasteiger partial charge in [0.2, 0.25) is 5.91 Å². The topological polar surface area (TPSA) is 41.1 Å². The van der Waals surface area contributed by atoms with Gasteiger partial charge in [0.1, 0.15) is 0 Å². The summed E-state index contributed by atoms with van der Waals surface area (Å²) in [5.41, 5.74) is 2.60. The highest BCUT2D eigenvalue weighted by molar-refractivity contribution is 5.76. The van der Waals surface area contributed by atoms with Crippen molar-refractivity contribution in [3.8, 4) is 0 Å². The number of nitrogens with one attached hydrogen (secondary N) is 2. The van der Waals surface area contributed by atoms with Crippen molar-refractivity contribution in [2.75, 3.05) is 19.6 Å². The molecule has 2 N–H and O–H groups in total. The molecule has 1 aromatic carbocycles. The molecular formula is C19H30N2O. The van der Waals surface area contributed by atoms with Crippen LogP contribution in [0.25, 0.3) is 0 Å². The molecule has 0 aliphatic carbocycles. The molecule has 2 unspecified atom stereocenters. The summed E-state index contributed by atoms with van der Waals surface area (Å²) in [4.78, 5) is 12.1. The van der Waals surface area contributed by atoms with E-state index in [1.807, 2.05) is 0 Å². The third kappa shape index (κ3) is 5.13. The number of benzene rings is 1. The predicted molar refractivity (Wildman–Crippen MR) is 92.2 cm³/mol. The Balaban J connectivity index is 1.77. The first kappa shape index (κ1) is 17.0. The molecule has 2 atom stereocenters. The standard InChI is InChI=1S/C19H30N2O/c1-14(2)17-6-8-18(9-7-17)15(3)11-19(22)21-13-16-5-4-10-20-12-16/h6-9,14-16,20H,4-5,10-13H2,1-3H3,(H,21,22). The van der Waals surface area contributed by atoms with Crippen LogP contribution in [0.3, 0.4) is 0 Å². The molecule has 3 heteroatoms. The van der Waals surface area contributed by atoms with E-state index in [0.717, 1.165) is 19.6 Å². The van der Waals surface area contributed by atoms with Gasteiger partial charge in [-0.15, -0.1) is 0 Å². The summed E-state index contributed by atoms with van der Waals surface area (Å²) in [5, 5.41) is 6.49. The second kappa shape index (κ2) is 8.33. The van der Waals surface area contributed by atoms with Crippen LogP contribution in [0.15, 0.2) is 24.3 Å². The van der Waals surface area contributed by atoms with Gasteiger partial charge in [-0.05, 0) is 54.8 Å². The molecule has 1 aromatic rings. The Morgan fingerprint density at radius 1 is 1.23 bits per heavy atom. The highest BCUT2D eigenvalue weighted by atomic mass is 16.1. The molecular weight excluding hydrogens is 272 g/mol. The van der Waals surface area contributed by atoms with Crippen LogP contribution in [-0.2, 0) is 4.79 Å². The molecule has 1 aliphatic rings. The van der Waals surface area contributed by atoms with Crippen LogP contribution < -0.4 is 10.6 Å². The summed E-state index contributed by atoms with van der Waals surface area (Å²) >= 11 is 0. The SMILES string of the molecule is CC(C)c1ccc(C(C)CC(=O)NCC2CCCNC2)cc1. The molecule has 3 nitrogen and oxygen atoms in total. The van der Waals surface area contributed by atoms with E-state index < -0.39 is 0 Å². The zero-order valence-electron chi connectivity index (χ0n) is 14.2. The van der Waals surface area contributed by atoms with Crippen molar-refractivity contribution in [2.45, 2.75) is 51.9 Å². The molecule has 0 spiro atoms. The minimum absolute atomic E-state index is 0.172. The van der Waals surface area contributed by atoms with Crippen LogP contribution in [0.2, 0.25) is 0 Å². The molecule has 22 heavy (non-hydrogen) atoms. The zero-order valence-corrected chi connectivity index (χ0v) is 14.2. The number of hydrogen-bond acceptors (Lipinski definition) is 2. The number of amides is 1. The predicted octanol–water partition coefficient (Wildman–Crippen LogP) is 3.42. The second-order valence-corrected chi connectivity index (χ2v) is 6.94. The molecule has 0 bridgehead atoms. The first-order valence-electron chi connectivity index (χ1n) is 8.63. The van der Waals surface area contributed by atoms with E-state index in [9.17, 15) is 4.79 Å². The van der Waals surface area contributed by atoms with Crippen LogP contribution in [0.5, 0.6) is 0 Å². The first-order chi connectivity index (χ1) is 10.6. The van der Waals surface area contributed by atoms with Gasteiger partial charge in [0.15, 0.2) is 0 Å². The molecule has 1 aliphatic heterocycles. The minimum atomic E-state index is 0.172. The van der Waals surface area contributed by atoms with E-state index >= 15 is 0 Å². The molecule has 2 rings (SSSR count). The summed E-state index contributed by atoms with van der Waals surface area (Å²) in [6.07, 6.45) is 3.01. The maximum Gasteiger partial charge on any atom is 0.220 e. The van der Waals surface area contributed by atoms with E-state index in [2.05, 4.69) is 55.7 Å². The van der Waals surface area contributed by atoms with Gasteiger partial charge < -0.3 is 10.6 Å². The Labute approximate surface area is 134 Å². The Morgan fingerprint density at radius 2 is 1.91 bits per heavy atom. The first-order valence-corrected chi connectivity index (χ1v) is 8.63. The van der Waals surface area contributed by atoms with Gasteiger partial charge in [0, 0.05) is 13.0 Å². The van der Waals surface area contributed by atoms with Gasteiger partial charge in [-0.3, -0.25) is 4.79 Å². The lowest BCUT2D eigenvalue weighted by atomic mass is 9.94. The Hall–Kier alpha value is -1.35. The van der Waals surface area contributed by atoms with Crippen LogP contribution in [0.1, 0.15) is 63.0 Å². The van der Waals surface area contributed by atoms with Gasteiger partial charge >= 0.3 is 0 Å². The molecule has 1 saturated heterocycles. The normalized spacial score (nSPS) is 19.9. The van der Waals surface area contributed by atoms with E-state index in [4.69, 9.17) is 0 Å². The van der Waals surface area contributed by atoms with Gasteiger partial charge in [-0.1, -0.05) is 45.0 Å². The van der Waals surface area contributed by atoms with Crippen LogP contribution in [-0.4, -0.2) is 25.5 Å². The number of piperidine rings is 1. The summed E-state index contributed by atoms with van der Waals surface area (Å²) in [6, 6.07) is 8.70. The number of hydrogen-bond donors (Lipinski definition) is 2. The molecule has 122 valence electrons. The van der Waals surface area contributed by atoms with Crippen molar-refractivity contribution in [1.82, 2.24) is 10.6 Å². The van der Waals surface area contributed by atoms with Gasteiger partial charge in [-0.2, -0.15) is 0 Å². The summed E-state index contributed by atoms with van der Waals surface area (Å²) < 4.78 is 0. The molecule has 0 saturated carbocycles. The third-order valence-corrected chi connectivity index (χ3v) is 4.65. The fourth-order valence-corrected chi connectivity index (χ4v) is 3.03. The monoisotopic (exact) mass is 302 g/mol. The van der Waals surface area contributed by atoms with E-state index in [0.29, 0.717) is 18.3 Å². The lowest BCUT2D eigenvalue weighted by Gasteiger charge is -2.23. The smallest absolute Gasteiger partial charge is 0.220 e. The Bertz CT molecular complexity index is 461. The maximum atomic E-state index is 12.1. The van der Waals surface area contributed by atoms with Crippen molar-refractivity contribution in [2.24, 2.45) is 5.92 Å². The molecule has 1 fully saturated rings. The van der Waals surface area contributed by atoms with E-state index in [-0.39, 0.29) is 11.8 Å². The van der Waals surface area contributed by atoms with Crippen molar-refractivity contribution in [1.29, 1.82) is 0 Å². The Kier molecular flexibility index (Phi) is 6.44. The van der Waals surface area contributed by atoms with Crippen molar-refractivity contribution >= 4 is 5.91 Å². The minimum Gasteiger partial charge on any atom is -0.356 e. The summed E-state index contributed by atoms with van der Waals surface area (Å²) in [7, 11) is 0. The Morgan fingerprint density at radius 3 is 2.50 bits per heavy atom. The second-order valence-electron chi connectivity index (χ2n) is 6.94. The molecule has 0 aromatic heterocycles. The number of carbonyl (C=O) groups excluding carboxylic acids is 1. The van der Waals surface area contributed by atoms with Crippen LogP contribution >= 0.6 is 0 Å². The molecule has 0 radical (unpaired) electrons. The number of rotatable bonds is 6. The van der Waals surface area contributed by atoms with Crippen LogP contribution in [0.4, 0.5) is 0 Å². The van der Waals surface area contributed by atoms with Gasteiger partial charge in [0.25, 0.3) is 0 Å². The molecule has 1 amide bonds. The van der Waals surface area contributed by atoms with Crippen molar-refractivity contribution < 1.29 is 4.79 Å². The lowest BCUT2D eigenvalue weighted by Crippen LogP contribution is -2.38. The van der Waals surface area contributed by atoms with Crippen molar-refractivity contribution in [3.63, 3.8) is 0 Å². The highest BCUT2D eigenvalue weighted by Crippen LogP contribution is 2.22. The summed E-state index contributed by atoms with van der Waals surface area (Å²) in [6.45, 7) is 9.50. The van der Waals surface area contributed by atoms with Gasteiger partial charge in [0.05, 0.1) is 0 Å². The fourth-order valence-electron chi connectivity index (χ4n) is 3.03. The average molecular weight is 302 g/mol.